The van der Waals surface area contributed by atoms with Crippen LogP contribution in [0.3, 0.4) is 0 Å². The fraction of sp³-hybridized carbons (Fsp3) is 0.467. The van der Waals surface area contributed by atoms with E-state index in [1.54, 1.807) is 0 Å². The molecule has 11 heteroatoms. The largest absolute Gasteiger partial charge is 0.504 e. The Hall–Kier alpha value is -2.69. The van der Waals surface area contributed by atoms with Crippen LogP contribution in [0.25, 0.3) is 0 Å². The molecule has 0 saturated carbocycles. The predicted octanol–water partition coefficient (Wildman–Crippen LogP) is 1.18. The van der Waals surface area contributed by atoms with E-state index in [0.717, 1.165) is 12.1 Å². The molecule has 1 fully saturated rings. The summed E-state index contributed by atoms with van der Waals surface area (Å²) in [6.45, 7) is 1.15. The van der Waals surface area contributed by atoms with Crippen molar-refractivity contribution in [1.82, 2.24) is 10.6 Å². The average Bonchev–Trinajstić information content (AvgIpc) is 2.53. The number of esters is 1. The molecule has 4 N–H and O–H groups in total. The van der Waals surface area contributed by atoms with Crippen molar-refractivity contribution >= 4 is 12.0 Å². The van der Waals surface area contributed by atoms with Crippen molar-refractivity contribution in [2.24, 2.45) is 5.92 Å². The van der Waals surface area contributed by atoms with Crippen LogP contribution in [-0.2, 0) is 9.53 Å². The number of hydrogen-bond donors (Lipinski definition) is 4. The third-order valence-electron chi connectivity index (χ3n) is 3.91. The number of carbonyl (C=O) groups is 2. The first-order valence-electron chi connectivity index (χ1n) is 7.46. The van der Waals surface area contributed by atoms with Gasteiger partial charge in [-0.25, -0.2) is 4.79 Å². The number of benzene rings is 1. The minimum atomic E-state index is -5.36. The second-order valence-electron chi connectivity index (χ2n) is 5.50. The number of halogens is 3. The van der Waals surface area contributed by atoms with Crippen LogP contribution in [0.4, 0.5) is 18.0 Å². The van der Waals surface area contributed by atoms with Crippen molar-refractivity contribution in [3.05, 3.63) is 23.8 Å². The molecule has 0 radical (unpaired) electrons. The molecule has 1 aromatic rings. The number of methoxy groups -OCH3 is 1. The number of nitrogens with one attached hydrogen (secondary N) is 2. The van der Waals surface area contributed by atoms with Gasteiger partial charge in [0.1, 0.15) is 5.92 Å². The summed E-state index contributed by atoms with van der Waals surface area (Å²) in [5.41, 5.74) is -3.85. The number of amides is 2. The number of carbonyl (C=O) groups excluding carboxylic acids is 2. The Morgan fingerprint density at radius 3 is 2.58 bits per heavy atom. The molecule has 2 amide bonds. The Balaban J connectivity index is 2.60. The first kappa shape index (κ1) is 19.6. The van der Waals surface area contributed by atoms with Gasteiger partial charge in [-0.2, -0.15) is 13.2 Å². The van der Waals surface area contributed by atoms with E-state index in [2.05, 4.69) is 10.1 Å². The molecule has 0 bridgehead atoms. The Morgan fingerprint density at radius 1 is 1.38 bits per heavy atom. The number of aliphatic hydroxyl groups is 1. The molecule has 1 aliphatic heterocycles. The standard InChI is InChI=1S/C15H17F3N2O6/c1-3-26-12(22)10-11(7-4-5-8(21)9(6-7)25-2)19-13(23)20-14(10,24)15(16,17)18/h4-6,10-11,21,24H,3H2,1-2H3,(H2,19,20,23)/t10-,11-,14-/m0/s1. The molecule has 0 aliphatic carbocycles. The lowest BCUT2D eigenvalue weighted by atomic mass is 9.82. The maximum absolute atomic E-state index is 13.5. The van der Waals surface area contributed by atoms with Crippen molar-refractivity contribution in [2.75, 3.05) is 13.7 Å². The fourth-order valence-corrected chi connectivity index (χ4v) is 2.70. The lowest BCUT2D eigenvalue weighted by molar-refractivity contribution is -0.294. The number of rotatable bonds is 4. The van der Waals surface area contributed by atoms with Gasteiger partial charge in [0.15, 0.2) is 11.5 Å². The molecule has 2 rings (SSSR count). The summed E-state index contributed by atoms with van der Waals surface area (Å²) in [6.07, 6.45) is -5.36. The minimum Gasteiger partial charge on any atom is -0.504 e. The van der Waals surface area contributed by atoms with Gasteiger partial charge < -0.3 is 30.3 Å². The lowest BCUT2D eigenvalue weighted by Crippen LogP contribution is -2.73. The van der Waals surface area contributed by atoms with E-state index in [4.69, 9.17) is 4.74 Å². The summed E-state index contributed by atoms with van der Waals surface area (Å²) in [5.74, 6) is -3.99. The van der Waals surface area contributed by atoms with E-state index >= 15 is 0 Å². The first-order valence-corrected chi connectivity index (χ1v) is 7.46. The van der Waals surface area contributed by atoms with Crippen molar-refractivity contribution < 1.29 is 42.4 Å². The van der Waals surface area contributed by atoms with Crippen LogP contribution in [0.2, 0.25) is 0 Å². The first-order chi connectivity index (χ1) is 12.0. The van der Waals surface area contributed by atoms with Gasteiger partial charge >= 0.3 is 18.2 Å². The highest BCUT2D eigenvalue weighted by atomic mass is 19.4. The topological polar surface area (TPSA) is 117 Å². The fourth-order valence-electron chi connectivity index (χ4n) is 2.70. The van der Waals surface area contributed by atoms with E-state index in [0.29, 0.717) is 0 Å². The summed E-state index contributed by atoms with van der Waals surface area (Å²) in [4.78, 5) is 24.0. The van der Waals surface area contributed by atoms with Crippen molar-refractivity contribution in [3.8, 4) is 11.5 Å². The van der Waals surface area contributed by atoms with Crippen molar-refractivity contribution in [2.45, 2.75) is 24.9 Å². The van der Waals surface area contributed by atoms with Gasteiger partial charge in [-0.15, -0.1) is 0 Å². The van der Waals surface area contributed by atoms with Crippen LogP contribution in [0, 0.1) is 5.92 Å². The second kappa shape index (κ2) is 6.90. The van der Waals surface area contributed by atoms with Crippen LogP contribution < -0.4 is 15.4 Å². The average molecular weight is 378 g/mol. The van der Waals surface area contributed by atoms with Gasteiger partial charge in [0.25, 0.3) is 5.72 Å². The molecule has 1 aromatic carbocycles. The van der Waals surface area contributed by atoms with Crippen LogP contribution in [-0.4, -0.2) is 47.8 Å². The molecule has 0 unspecified atom stereocenters. The zero-order valence-electron chi connectivity index (χ0n) is 13.8. The third-order valence-corrected chi connectivity index (χ3v) is 3.91. The quantitative estimate of drug-likeness (QED) is 0.585. The number of phenolic OH excluding ortho intramolecular Hbond substituents is 1. The molecule has 8 nitrogen and oxygen atoms in total. The number of alkyl halides is 3. The summed E-state index contributed by atoms with van der Waals surface area (Å²) >= 11 is 0. The highest BCUT2D eigenvalue weighted by Gasteiger charge is 2.67. The van der Waals surface area contributed by atoms with E-state index < -0.39 is 35.9 Å². The lowest BCUT2D eigenvalue weighted by Gasteiger charge is -2.44. The molecule has 0 spiro atoms. The Kier molecular flexibility index (Phi) is 5.21. The highest BCUT2D eigenvalue weighted by molar-refractivity contribution is 5.83. The summed E-state index contributed by atoms with van der Waals surface area (Å²) in [7, 11) is 1.22. The van der Waals surface area contributed by atoms with Gasteiger partial charge in [-0.1, -0.05) is 6.07 Å². The van der Waals surface area contributed by atoms with E-state index in [1.165, 1.54) is 25.4 Å². The zero-order valence-corrected chi connectivity index (χ0v) is 13.8. The molecular formula is C15H17F3N2O6. The second-order valence-corrected chi connectivity index (χ2v) is 5.50. The highest BCUT2D eigenvalue weighted by Crippen LogP contribution is 2.44. The van der Waals surface area contributed by atoms with Gasteiger partial charge in [-0.05, 0) is 24.6 Å². The molecule has 3 atom stereocenters. The summed E-state index contributed by atoms with van der Waals surface area (Å²) < 4.78 is 50.0. The molecule has 1 aliphatic rings. The monoisotopic (exact) mass is 378 g/mol. The van der Waals surface area contributed by atoms with Gasteiger partial charge in [0.05, 0.1) is 19.8 Å². The predicted molar refractivity (Wildman–Crippen MR) is 80.2 cm³/mol. The van der Waals surface area contributed by atoms with Crippen LogP contribution >= 0.6 is 0 Å². The van der Waals surface area contributed by atoms with Crippen molar-refractivity contribution in [3.63, 3.8) is 0 Å². The Labute approximate surface area is 145 Å². The molecule has 1 heterocycles. The Bertz CT molecular complexity index is 711. The van der Waals surface area contributed by atoms with E-state index in [1.807, 2.05) is 0 Å². The number of hydrogen-bond acceptors (Lipinski definition) is 6. The number of aromatic hydroxyl groups is 1. The number of phenols is 1. The zero-order chi connectivity index (χ0) is 19.7. The molecule has 0 aromatic heterocycles. The maximum Gasteiger partial charge on any atom is 0.437 e. The smallest absolute Gasteiger partial charge is 0.437 e. The number of urea groups is 1. The minimum absolute atomic E-state index is 0.00442. The third kappa shape index (κ3) is 3.34. The maximum atomic E-state index is 13.5. The molecular weight excluding hydrogens is 361 g/mol. The summed E-state index contributed by atoms with van der Waals surface area (Å²) in [6, 6.07) is 0.537. The van der Waals surface area contributed by atoms with E-state index in [9.17, 15) is 33.0 Å². The van der Waals surface area contributed by atoms with Crippen LogP contribution in [0.5, 0.6) is 11.5 Å². The summed E-state index contributed by atoms with van der Waals surface area (Å²) in [5, 5.41) is 23.3. The van der Waals surface area contributed by atoms with E-state index in [-0.39, 0.29) is 23.7 Å². The van der Waals surface area contributed by atoms with Gasteiger partial charge in [0, 0.05) is 0 Å². The van der Waals surface area contributed by atoms with Crippen LogP contribution in [0.15, 0.2) is 18.2 Å². The molecule has 144 valence electrons. The Morgan fingerprint density at radius 2 is 2.04 bits per heavy atom. The molecule has 1 saturated heterocycles. The molecule has 26 heavy (non-hydrogen) atoms. The van der Waals surface area contributed by atoms with Crippen LogP contribution in [0.1, 0.15) is 18.5 Å². The van der Waals surface area contributed by atoms with Crippen molar-refractivity contribution in [1.29, 1.82) is 0 Å². The SMILES string of the molecule is CCOC(=O)[C@@H]1[C@H](c2ccc(O)c(OC)c2)NC(=O)N[C@@]1(O)C(F)(F)F. The normalized spacial score (nSPS) is 25.8. The van der Waals surface area contributed by atoms with Gasteiger partial charge in [-0.3, -0.25) is 4.79 Å². The number of ether oxygens (including phenoxy) is 2. The van der Waals surface area contributed by atoms with Gasteiger partial charge in [0.2, 0.25) is 0 Å².